The molecule has 0 aromatic heterocycles. The summed E-state index contributed by atoms with van der Waals surface area (Å²) in [7, 11) is 0. The summed E-state index contributed by atoms with van der Waals surface area (Å²) < 4.78 is 5.30. The van der Waals surface area contributed by atoms with Crippen LogP contribution in [0.5, 0.6) is 0 Å². The molecule has 0 bridgehead atoms. The highest BCUT2D eigenvalue weighted by atomic mass is 16.6. The molecule has 1 aliphatic heterocycles. The molecule has 0 aliphatic carbocycles. The highest BCUT2D eigenvalue weighted by Gasteiger charge is 2.38. The fourth-order valence-corrected chi connectivity index (χ4v) is 2.38. The van der Waals surface area contributed by atoms with E-state index in [2.05, 4.69) is 11.9 Å². The Hall–Kier alpha value is -2.05. The van der Waals surface area contributed by atoms with Gasteiger partial charge in [0.15, 0.2) is 0 Å². The summed E-state index contributed by atoms with van der Waals surface area (Å²) in [5.41, 5.74) is -0.651. The van der Waals surface area contributed by atoms with Gasteiger partial charge in [-0.05, 0) is 33.6 Å². The number of nitrogens with one attached hydrogen (secondary N) is 1. The lowest BCUT2D eigenvalue weighted by atomic mass is 10.0. The molecule has 130 valence electrons. The summed E-state index contributed by atoms with van der Waals surface area (Å²) >= 11 is 0. The second-order valence-electron chi connectivity index (χ2n) is 6.75. The maximum atomic E-state index is 12.4. The van der Waals surface area contributed by atoms with Gasteiger partial charge in [0.2, 0.25) is 5.91 Å². The molecule has 1 saturated heterocycles. The van der Waals surface area contributed by atoms with Crippen LogP contribution in [0.3, 0.4) is 0 Å². The standard InChI is InChI=1S/C16H26N2O5/c1-6-10(2)12(14(20)21)17-13(19)11-8-7-9-18(11)15(22)23-16(3,4)5/h6,10-12H,1,7-9H2,2-5H3,(H,17,19)(H,20,21). The zero-order chi connectivity index (χ0) is 17.8. The summed E-state index contributed by atoms with van der Waals surface area (Å²) in [6.45, 7) is 10.9. The lowest BCUT2D eigenvalue weighted by Gasteiger charge is -2.29. The van der Waals surface area contributed by atoms with Crippen LogP contribution in [0, 0.1) is 5.92 Å². The average molecular weight is 326 g/mol. The number of carbonyl (C=O) groups excluding carboxylic acids is 2. The molecule has 1 heterocycles. The van der Waals surface area contributed by atoms with Crippen LogP contribution < -0.4 is 5.32 Å². The fraction of sp³-hybridized carbons (Fsp3) is 0.688. The number of carboxylic acid groups (broad SMARTS) is 1. The maximum absolute atomic E-state index is 12.4. The van der Waals surface area contributed by atoms with Gasteiger partial charge in [-0.25, -0.2) is 9.59 Å². The summed E-state index contributed by atoms with van der Waals surface area (Å²) in [5, 5.41) is 11.7. The minimum atomic E-state index is -1.13. The van der Waals surface area contributed by atoms with Crippen LogP contribution in [0.2, 0.25) is 0 Å². The van der Waals surface area contributed by atoms with Crippen molar-refractivity contribution in [3.63, 3.8) is 0 Å². The quantitative estimate of drug-likeness (QED) is 0.751. The van der Waals surface area contributed by atoms with Crippen molar-refractivity contribution >= 4 is 18.0 Å². The molecule has 0 saturated carbocycles. The van der Waals surface area contributed by atoms with Crippen molar-refractivity contribution in [2.45, 2.75) is 58.2 Å². The number of hydrogen-bond acceptors (Lipinski definition) is 4. The monoisotopic (exact) mass is 326 g/mol. The van der Waals surface area contributed by atoms with Gasteiger partial charge >= 0.3 is 12.1 Å². The first-order chi connectivity index (χ1) is 10.6. The molecule has 3 unspecified atom stereocenters. The van der Waals surface area contributed by atoms with Gasteiger partial charge in [-0.15, -0.1) is 6.58 Å². The molecule has 1 fully saturated rings. The van der Waals surface area contributed by atoms with E-state index in [9.17, 15) is 19.5 Å². The zero-order valence-corrected chi connectivity index (χ0v) is 14.2. The van der Waals surface area contributed by atoms with Gasteiger partial charge in [-0.2, -0.15) is 0 Å². The normalized spacial score (nSPS) is 20.5. The Kier molecular flexibility index (Phi) is 6.18. The fourth-order valence-electron chi connectivity index (χ4n) is 2.38. The zero-order valence-electron chi connectivity index (χ0n) is 14.2. The minimum Gasteiger partial charge on any atom is -0.480 e. The van der Waals surface area contributed by atoms with E-state index in [4.69, 9.17) is 4.74 Å². The number of aliphatic carboxylic acids is 1. The molecule has 7 heteroatoms. The summed E-state index contributed by atoms with van der Waals surface area (Å²) in [5.74, 6) is -2.03. The second-order valence-corrected chi connectivity index (χ2v) is 6.75. The molecular weight excluding hydrogens is 300 g/mol. The van der Waals surface area contributed by atoms with E-state index in [1.165, 1.54) is 11.0 Å². The highest BCUT2D eigenvalue weighted by molar-refractivity contribution is 5.89. The van der Waals surface area contributed by atoms with E-state index < -0.39 is 41.6 Å². The molecule has 2 amide bonds. The third-order valence-corrected chi connectivity index (χ3v) is 3.64. The summed E-state index contributed by atoms with van der Waals surface area (Å²) in [6.07, 6.45) is 2.07. The molecule has 1 aliphatic rings. The van der Waals surface area contributed by atoms with E-state index in [1.807, 2.05) is 0 Å². The van der Waals surface area contributed by atoms with Crippen LogP contribution in [0.4, 0.5) is 4.79 Å². The number of carboxylic acids is 1. The van der Waals surface area contributed by atoms with Crippen molar-refractivity contribution in [2.75, 3.05) is 6.54 Å². The molecule has 2 N–H and O–H groups in total. The first kappa shape index (κ1) is 19.0. The predicted molar refractivity (Wildman–Crippen MR) is 84.9 cm³/mol. The van der Waals surface area contributed by atoms with Crippen molar-refractivity contribution < 1.29 is 24.2 Å². The van der Waals surface area contributed by atoms with Gasteiger partial charge in [-0.1, -0.05) is 13.0 Å². The van der Waals surface area contributed by atoms with Gasteiger partial charge in [0.1, 0.15) is 17.7 Å². The van der Waals surface area contributed by atoms with Gasteiger partial charge in [0.05, 0.1) is 0 Å². The van der Waals surface area contributed by atoms with Crippen molar-refractivity contribution in [1.29, 1.82) is 0 Å². The first-order valence-corrected chi connectivity index (χ1v) is 7.72. The highest BCUT2D eigenvalue weighted by Crippen LogP contribution is 2.21. The molecule has 1 rings (SSSR count). The summed E-state index contributed by atoms with van der Waals surface area (Å²) in [6, 6.07) is -1.77. The molecule has 3 atom stereocenters. The molecular formula is C16H26N2O5. The Labute approximate surface area is 136 Å². The minimum absolute atomic E-state index is 0.418. The number of ether oxygens (including phenoxy) is 1. The van der Waals surface area contributed by atoms with Crippen LogP contribution in [0.25, 0.3) is 0 Å². The average Bonchev–Trinajstić information content (AvgIpc) is 2.91. The Morgan fingerprint density at radius 3 is 2.48 bits per heavy atom. The Morgan fingerprint density at radius 2 is 2.00 bits per heavy atom. The van der Waals surface area contributed by atoms with E-state index >= 15 is 0 Å². The third-order valence-electron chi connectivity index (χ3n) is 3.64. The van der Waals surface area contributed by atoms with Crippen molar-refractivity contribution in [1.82, 2.24) is 10.2 Å². The molecule has 7 nitrogen and oxygen atoms in total. The van der Waals surface area contributed by atoms with E-state index in [0.29, 0.717) is 19.4 Å². The van der Waals surface area contributed by atoms with Crippen molar-refractivity contribution in [3.05, 3.63) is 12.7 Å². The second kappa shape index (κ2) is 7.48. The topological polar surface area (TPSA) is 95.9 Å². The van der Waals surface area contributed by atoms with Crippen LogP contribution in [-0.4, -0.2) is 52.2 Å². The molecule has 0 radical (unpaired) electrons. The number of amides is 2. The third kappa shape index (κ3) is 5.26. The Balaban J connectivity index is 2.79. The SMILES string of the molecule is C=CC(C)C(NC(=O)C1CCCN1C(=O)OC(C)(C)C)C(=O)O. The van der Waals surface area contributed by atoms with Crippen LogP contribution in [-0.2, 0) is 14.3 Å². The van der Waals surface area contributed by atoms with Gasteiger partial charge in [0.25, 0.3) is 0 Å². The lowest BCUT2D eigenvalue weighted by Crippen LogP contribution is -2.53. The van der Waals surface area contributed by atoms with Crippen LogP contribution >= 0.6 is 0 Å². The van der Waals surface area contributed by atoms with Crippen molar-refractivity contribution in [3.8, 4) is 0 Å². The Bertz CT molecular complexity index is 483. The van der Waals surface area contributed by atoms with Crippen LogP contribution in [0.15, 0.2) is 12.7 Å². The van der Waals surface area contributed by atoms with E-state index in [-0.39, 0.29) is 0 Å². The predicted octanol–water partition coefficient (Wildman–Crippen LogP) is 1.78. The largest absolute Gasteiger partial charge is 0.480 e. The Morgan fingerprint density at radius 1 is 1.39 bits per heavy atom. The maximum Gasteiger partial charge on any atom is 0.410 e. The van der Waals surface area contributed by atoms with Gasteiger partial charge < -0.3 is 15.2 Å². The van der Waals surface area contributed by atoms with Crippen molar-refractivity contribution in [2.24, 2.45) is 5.92 Å². The number of nitrogens with zero attached hydrogens (tertiary/aromatic N) is 1. The number of rotatable bonds is 5. The molecule has 0 spiro atoms. The molecule has 0 aromatic carbocycles. The van der Waals surface area contributed by atoms with Crippen LogP contribution in [0.1, 0.15) is 40.5 Å². The van der Waals surface area contributed by atoms with E-state index in [1.54, 1.807) is 27.7 Å². The van der Waals surface area contributed by atoms with Gasteiger partial charge in [-0.3, -0.25) is 9.69 Å². The molecule has 23 heavy (non-hydrogen) atoms. The number of likely N-dealkylation sites (tertiary alicyclic amines) is 1. The number of hydrogen-bond donors (Lipinski definition) is 2. The smallest absolute Gasteiger partial charge is 0.410 e. The van der Waals surface area contributed by atoms with Gasteiger partial charge in [0, 0.05) is 12.5 Å². The summed E-state index contributed by atoms with van der Waals surface area (Å²) in [4.78, 5) is 37.2. The number of carbonyl (C=O) groups is 3. The first-order valence-electron chi connectivity index (χ1n) is 7.72. The van der Waals surface area contributed by atoms with E-state index in [0.717, 1.165) is 0 Å². The lowest BCUT2D eigenvalue weighted by molar-refractivity contribution is -0.143. The molecule has 0 aromatic rings.